The predicted molar refractivity (Wildman–Crippen MR) is 72.1 cm³/mol. The second-order valence-electron chi connectivity index (χ2n) is 4.75. The summed E-state index contributed by atoms with van der Waals surface area (Å²) < 4.78 is 1.91. The van der Waals surface area contributed by atoms with Gasteiger partial charge < -0.3 is 14.8 Å². The zero-order valence-corrected chi connectivity index (χ0v) is 11.8. The summed E-state index contributed by atoms with van der Waals surface area (Å²) >= 11 is 0. The highest BCUT2D eigenvalue weighted by atomic mass is 16.2. The number of carbonyl (C=O) groups is 1. The first-order valence-corrected chi connectivity index (χ1v) is 6.52. The molecule has 0 aromatic carbocycles. The van der Waals surface area contributed by atoms with Crippen LogP contribution in [0.25, 0.3) is 0 Å². The molecule has 0 atom stereocenters. The average molecular weight is 252 g/mol. The Balaban J connectivity index is 2.56. The summed E-state index contributed by atoms with van der Waals surface area (Å²) in [5.41, 5.74) is 0. The summed E-state index contributed by atoms with van der Waals surface area (Å²) in [4.78, 5) is 18.0. The maximum absolute atomic E-state index is 12.0. The summed E-state index contributed by atoms with van der Waals surface area (Å²) in [5, 5.41) is 3.29. The second-order valence-corrected chi connectivity index (χ2v) is 4.75. The van der Waals surface area contributed by atoms with Gasteiger partial charge in [0, 0.05) is 25.5 Å². The monoisotopic (exact) mass is 252 g/mol. The average Bonchev–Trinajstić information content (AvgIpc) is 2.76. The van der Waals surface area contributed by atoms with Gasteiger partial charge in [-0.15, -0.1) is 0 Å². The molecule has 102 valence electrons. The van der Waals surface area contributed by atoms with Gasteiger partial charge in [-0.2, -0.15) is 0 Å². The van der Waals surface area contributed by atoms with Gasteiger partial charge in [-0.1, -0.05) is 6.92 Å². The summed E-state index contributed by atoms with van der Waals surface area (Å²) in [6.45, 7) is 8.18. The molecule has 5 nitrogen and oxygen atoms in total. The van der Waals surface area contributed by atoms with Crippen LogP contribution in [0, 0.1) is 0 Å². The fraction of sp³-hybridized carbons (Fsp3) is 0.692. The van der Waals surface area contributed by atoms with Crippen molar-refractivity contribution in [3.63, 3.8) is 0 Å². The van der Waals surface area contributed by atoms with E-state index in [0.29, 0.717) is 13.1 Å². The topological polar surface area (TPSA) is 50.2 Å². The molecule has 0 aliphatic rings. The molecule has 0 fully saturated rings. The van der Waals surface area contributed by atoms with Crippen LogP contribution in [0.4, 0.5) is 0 Å². The van der Waals surface area contributed by atoms with Crippen molar-refractivity contribution in [3.8, 4) is 0 Å². The van der Waals surface area contributed by atoms with E-state index in [-0.39, 0.29) is 11.9 Å². The number of imidazole rings is 1. The highest BCUT2D eigenvalue weighted by Gasteiger charge is 2.13. The molecule has 1 aromatic heterocycles. The maximum atomic E-state index is 12.0. The number of amides is 1. The molecule has 18 heavy (non-hydrogen) atoms. The molecule has 1 rings (SSSR count). The lowest BCUT2D eigenvalue weighted by Gasteiger charge is -2.22. The van der Waals surface area contributed by atoms with Crippen molar-refractivity contribution < 1.29 is 4.79 Å². The van der Waals surface area contributed by atoms with Gasteiger partial charge in [-0.25, -0.2) is 4.98 Å². The van der Waals surface area contributed by atoms with Crippen molar-refractivity contribution in [2.24, 2.45) is 0 Å². The Labute approximate surface area is 109 Å². The number of hydrogen-bond acceptors (Lipinski definition) is 3. The zero-order valence-electron chi connectivity index (χ0n) is 11.8. The Morgan fingerprint density at radius 2 is 2.28 bits per heavy atom. The normalized spacial score (nSPS) is 10.9. The number of hydrogen-bond donors (Lipinski definition) is 1. The largest absolute Gasteiger partial charge is 0.342 e. The molecule has 0 saturated heterocycles. The van der Waals surface area contributed by atoms with Crippen LogP contribution in [0.3, 0.4) is 0 Å². The van der Waals surface area contributed by atoms with E-state index in [0.717, 1.165) is 18.8 Å². The number of rotatable bonds is 7. The van der Waals surface area contributed by atoms with Gasteiger partial charge in [0.15, 0.2) is 0 Å². The standard InChI is InChI=1S/C13H24N4O/c1-5-6-14-9-12-15-7-8-17(12)10-13(18)16(4)11(2)3/h7-8,11,14H,5-6,9-10H2,1-4H3. The Hall–Kier alpha value is -1.36. The number of nitrogens with zero attached hydrogens (tertiary/aromatic N) is 3. The van der Waals surface area contributed by atoms with E-state index in [1.54, 1.807) is 11.1 Å². The lowest BCUT2D eigenvalue weighted by Crippen LogP contribution is -2.36. The quantitative estimate of drug-likeness (QED) is 0.743. The summed E-state index contributed by atoms with van der Waals surface area (Å²) in [6, 6.07) is 0.225. The van der Waals surface area contributed by atoms with Gasteiger partial charge in [-0.05, 0) is 26.8 Å². The van der Waals surface area contributed by atoms with Gasteiger partial charge in [0.25, 0.3) is 0 Å². The number of carbonyl (C=O) groups excluding carboxylic acids is 1. The van der Waals surface area contributed by atoms with Gasteiger partial charge in [0.2, 0.25) is 5.91 Å². The Kier molecular flexibility index (Phi) is 5.85. The predicted octanol–water partition coefficient (Wildman–Crippen LogP) is 1.25. The molecule has 1 amide bonds. The minimum absolute atomic E-state index is 0.111. The van der Waals surface area contributed by atoms with Gasteiger partial charge >= 0.3 is 0 Å². The van der Waals surface area contributed by atoms with Crippen LogP contribution in [0.2, 0.25) is 0 Å². The van der Waals surface area contributed by atoms with Crippen molar-refractivity contribution in [2.45, 2.75) is 46.3 Å². The Morgan fingerprint density at radius 3 is 2.89 bits per heavy atom. The van der Waals surface area contributed by atoms with Gasteiger partial charge in [0.1, 0.15) is 12.4 Å². The van der Waals surface area contributed by atoms with E-state index in [1.807, 2.05) is 31.7 Å². The SMILES string of the molecule is CCCNCc1nccn1CC(=O)N(C)C(C)C. The second kappa shape index (κ2) is 7.16. The van der Waals surface area contributed by atoms with E-state index in [4.69, 9.17) is 0 Å². The molecule has 1 aromatic rings. The van der Waals surface area contributed by atoms with Crippen molar-refractivity contribution in [1.82, 2.24) is 19.8 Å². The summed E-state index contributed by atoms with van der Waals surface area (Å²) in [7, 11) is 1.83. The van der Waals surface area contributed by atoms with E-state index >= 15 is 0 Å². The molecule has 0 saturated carbocycles. The van der Waals surface area contributed by atoms with Crippen LogP contribution in [0.1, 0.15) is 33.0 Å². The fourth-order valence-corrected chi connectivity index (χ4v) is 1.57. The first kappa shape index (κ1) is 14.7. The molecule has 0 aliphatic carbocycles. The summed E-state index contributed by atoms with van der Waals surface area (Å²) in [5.74, 6) is 1.02. The molecule has 0 bridgehead atoms. The molecular weight excluding hydrogens is 228 g/mol. The fourth-order valence-electron chi connectivity index (χ4n) is 1.57. The van der Waals surface area contributed by atoms with E-state index < -0.39 is 0 Å². The number of aromatic nitrogens is 2. The molecule has 1 heterocycles. The van der Waals surface area contributed by atoms with Crippen LogP contribution in [-0.4, -0.2) is 40.0 Å². The van der Waals surface area contributed by atoms with Crippen molar-refractivity contribution in [1.29, 1.82) is 0 Å². The van der Waals surface area contributed by atoms with E-state index in [1.165, 1.54) is 0 Å². The molecule has 0 unspecified atom stereocenters. The minimum atomic E-state index is 0.111. The number of likely N-dealkylation sites (N-methyl/N-ethyl adjacent to an activating group) is 1. The van der Waals surface area contributed by atoms with Gasteiger partial charge in [-0.3, -0.25) is 4.79 Å². The van der Waals surface area contributed by atoms with Crippen LogP contribution in [-0.2, 0) is 17.9 Å². The Morgan fingerprint density at radius 1 is 1.56 bits per heavy atom. The van der Waals surface area contributed by atoms with Crippen molar-refractivity contribution >= 4 is 5.91 Å². The first-order chi connectivity index (χ1) is 8.56. The number of nitrogens with one attached hydrogen (secondary N) is 1. The zero-order chi connectivity index (χ0) is 13.5. The molecule has 0 aliphatic heterocycles. The van der Waals surface area contributed by atoms with Crippen molar-refractivity contribution in [3.05, 3.63) is 18.2 Å². The van der Waals surface area contributed by atoms with Crippen LogP contribution < -0.4 is 5.32 Å². The highest BCUT2D eigenvalue weighted by Crippen LogP contribution is 2.01. The molecule has 0 radical (unpaired) electrons. The van der Waals surface area contributed by atoms with Gasteiger partial charge in [0.05, 0.1) is 6.54 Å². The summed E-state index contributed by atoms with van der Waals surface area (Å²) in [6.07, 6.45) is 4.69. The van der Waals surface area contributed by atoms with Crippen LogP contribution >= 0.6 is 0 Å². The third-order valence-electron chi connectivity index (χ3n) is 2.99. The van der Waals surface area contributed by atoms with Crippen LogP contribution in [0.15, 0.2) is 12.4 Å². The molecule has 5 heteroatoms. The molecule has 1 N–H and O–H groups in total. The third kappa shape index (κ3) is 4.14. The van der Waals surface area contributed by atoms with Crippen LogP contribution in [0.5, 0.6) is 0 Å². The minimum Gasteiger partial charge on any atom is -0.342 e. The Bertz CT molecular complexity index is 373. The smallest absolute Gasteiger partial charge is 0.242 e. The highest BCUT2D eigenvalue weighted by molar-refractivity contribution is 5.76. The first-order valence-electron chi connectivity index (χ1n) is 6.52. The van der Waals surface area contributed by atoms with E-state index in [2.05, 4.69) is 17.2 Å². The third-order valence-corrected chi connectivity index (χ3v) is 2.99. The lowest BCUT2D eigenvalue weighted by atomic mass is 10.3. The molecular formula is C13H24N4O. The lowest BCUT2D eigenvalue weighted by molar-refractivity contribution is -0.132. The van der Waals surface area contributed by atoms with Crippen molar-refractivity contribution in [2.75, 3.05) is 13.6 Å². The van der Waals surface area contributed by atoms with E-state index in [9.17, 15) is 4.79 Å². The maximum Gasteiger partial charge on any atom is 0.242 e. The molecule has 0 spiro atoms.